The van der Waals surface area contributed by atoms with Gasteiger partial charge >= 0.3 is 11.6 Å². The number of carbonyl (C=O) groups is 1. The lowest BCUT2D eigenvalue weighted by Gasteiger charge is -2.01. The summed E-state index contributed by atoms with van der Waals surface area (Å²) in [5, 5.41) is 25.3. The molecule has 0 aliphatic carbocycles. The molecule has 0 aliphatic heterocycles. The minimum absolute atomic E-state index is 0.0328. The first-order chi connectivity index (χ1) is 12.8. The zero-order valence-electron chi connectivity index (χ0n) is 13.1. The number of aromatic hydroxyl groups is 1. The van der Waals surface area contributed by atoms with Crippen molar-refractivity contribution in [1.82, 2.24) is 5.43 Å². The molecule has 0 spiro atoms. The van der Waals surface area contributed by atoms with Gasteiger partial charge in [-0.25, -0.2) is 5.43 Å². The lowest BCUT2D eigenvalue weighted by Crippen LogP contribution is -2.16. The minimum Gasteiger partial charge on any atom is -0.502 e. The standard InChI is InChI=1S/C16H8Br3N3O5/c17-9-1-7-3-13(27-15(7)11(19)4-9)16(24)21-20-6-8-2-10(18)5-12(14(8)23)22(25)26/h1-6,23H,(H,21,24)/b20-6-. The SMILES string of the molecule is O=C(N/N=C\c1cc(Br)cc([N+](=O)[O-])c1O)c1cc2cc(Br)cc(Br)c2o1. The molecule has 0 bridgehead atoms. The fourth-order valence-corrected chi connectivity index (χ4v) is 4.05. The number of nitro benzene ring substituents is 1. The molecule has 0 unspecified atom stereocenters. The van der Waals surface area contributed by atoms with Crippen LogP contribution in [0.15, 0.2) is 53.3 Å². The molecule has 3 rings (SSSR count). The Bertz CT molecular complexity index is 1110. The van der Waals surface area contributed by atoms with Gasteiger partial charge in [0.05, 0.1) is 15.6 Å². The number of phenols is 1. The van der Waals surface area contributed by atoms with Crippen LogP contribution in [0.25, 0.3) is 11.0 Å². The van der Waals surface area contributed by atoms with E-state index in [0.29, 0.717) is 19.9 Å². The van der Waals surface area contributed by atoms with Gasteiger partial charge < -0.3 is 9.52 Å². The van der Waals surface area contributed by atoms with Gasteiger partial charge in [0.2, 0.25) is 5.75 Å². The molecule has 27 heavy (non-hydrogen) atoms. The number of nitrogens with zero attached hydrogens (tertiary/aromatic N) is 2. The molecule has 1 heterocycles. The minimum atomic E-state index is -0.722. The van der Waals surface area contributed by atoms with E-state index in [-0.39, 0.29) is 11.3 Å². The Morgan fingerprint density at radius 1 is 1.19 bits per heavy atom. The van der Waals surface area contributed by atoms with Crippen molar-refractivity contribution < 1.29 is 19.2 Å². The van der Waals surface area contributed by atoms with Crippen molar-refractivity contribution in [3.63, 3.8) is 0 Å². The van der Waals surface area contributed by atoms with Crippen LogP contribution in [0.1, 0.15) is 16.1 Å². The number of hydrazone groups is 1. The van der Waals surface area contributed by atoms with Crippen molar-refractivity contribution in [3.05, 3.63) is 65.2 Å². The third-order valence-electron chi connectivity index (χ3n) is 3.41. The molecule has 0 atom stereocenters. The topological polar surface area (TPSA) is 118 Å². The second-order valence-corrected chi connectivity index (χ2v) is 7.92. The Hall–Kier alpha value is -2.24. The number of hydrogen-bond donors (Lipinski definition) is 2. The quantitative estimate of drug-likeness (QED) is 0.261. The fourth-order valence-electron chi connectivity index (χ4n) is 2.25. The van der Waals surface area contributed by atoms with Crippen LogP contribution in [-0.2, 0) is 0 Å². The second-order valence-electron chi connectivity index (χ2n) is 5.24. The van der Waals surface area contributed by atoms with E-state index in [2.05, 4.69) is 58.3 Å². The van der Waals surface area contributed by atoms with E-state index in [1.54, 1.807) is 18.2 Å². The highest BCUT2D eigenvalue weighted by Crippen LogP contribution is 2.33. The normalized spacial score (nSPS) is 11.2. The fraction of sp³-hybridized carbons (Fsp3) is 0. The van der Waals surface area contributed by atoms with Crippen molar-refractivity contribution in [2.45, 2.75) is 0 Å². The summed E-state index contributed by atoms with van der Waals surface area (Å²) in [4.78, 5) is 22.4. The maximum atomic E-state index is 12.2. The highest BCUT2D eigenvalue weighted by molar-refractivity contribution is 9.11. The summed E-state index contributed by atoms with van der Waals surface area (Å²) in [5.74, 6) is -1.14. The van der Waals surface area contributed by atoms with Gasteiger partial charge in [-0.2, -0.15) is 5.10 Å². The molecule has 138 valence electrons. The number of hydrogen-bond acceptors (Lipinski definition) is 6. The Morgan fingerprint density at radius 2 is 1.89 bits per heavy atom. The highest BCUT2D eigenvalue weighted by atomic mass is 79.9. The molecule has 1 amide bonds. The summed E-state index contributed by atoms with van der Waals surface area (Å²) in [5.41, 5.74) is 2.34. The zero-order valence-corrected chi connectivity index (χ0v) is 17.8. The maximum Gasteiger partial charge on any atom is 0.312 e. The smallest absolute Gasteiger partial charge is 0.312 e. The maximum absolute atomic E-state index is 12.2. The third kappa shape index (κ3) is 4.20. The third-order valence-corrected chi connectivity index (χ3v) is 4.91. The molecule has 0 saturated carbocycles. The van der Waals surface area contributed by atoms with Crippen molar-refractivity contribution in [3.8, 4) is 5.75 Å². The highest BCUT2D eigenvalue weighted by Gasteiger charge is 2.18. The summed E-state index contributed by atoms with van der Waals surface area (Å²) in [6.45, 7) is 0. The molecule has 0 radical (unpaired) electrons. The number of rotatable bonds is 4. The number of amides is 1. The van der Waals surface area contributed by atoms with Crippen molar-refractivity contribution in [2.75, 3.05) is 0 Å². The van der Waals surface area contributed by atoms with Gasteiger partial charge in [0.1, 0.15) is 5.58 Å². The van der Waals surface area contributed by atoms with Gasteiger partial charge in [0.15, 0.2) is 5.76 Å². The first-order valence-electron chi connectivity index (χ1n) is 7.15. The first-order valence-corrected chi connectivity index (χ1v) is 9.53. The second kappa shape index (κ2) is 7.79. The Morgan fingerprint density at radius 3 is 2.59 bits per heavy atom. The molecule has 1 aromatic heterocycles. The van der Waals surface area contributed by atoms with Gasteiger partial charge in [-0.15, -0.1) is 0 Å². The largest absolute Gasteiger partial charge is 0.502 e. The van der Waals surface area contributed by atoms with E-state index in [1.807, 2.05) is 0 Å². The molecule has 11 heteroatoms. The molecule has 2 N–H and O–H groups in total. The lowest BCUT2D eigenvalue weighted by molar-refractivity contribution is -0.385. The number of nitro groups is 1. The number of carbonyl (C=O) groups excluding carboxylic acids is 1. The van der Waals surface area contributed by atoms with Crippen molar-refractivity contribution in [2.24, 2.45) is 5.10 Å². The summed E-state index contributed by atoms with van der Waals surface area (Å²) in [6.07, 6.45) is 1.10. The van der Waals surface area contributed by atoms with E-state index in [9.17, 15) is 20.0 Å². The Balaban J connectivity index is 1.82. The van der Waals surface area contributed by atoms with Crippen molar-refractivity contribution >= 4 is 76.6 Å². The van der Waals surface area contributed by atoms with Gasteiger partial charge in [-0.3, -0.25) is 14.9 Å². The molecule has 2 aromatic carbocycles. The van der Waals surface area contributed by atoms with E-state index in [1.165, 1.54) is 6.07 Å². The predicted molar refractivity (Wildman–Crippen MR) is 109 cm³/mol. The van der Waals surface area contributed by atoms with Crippen molar-refractivity contribution in [1.29, 1.82) is 0 Å². The van der Waals surface area contributed by atoms with Crippen LogP contribution in [0, 0.1) is 10.1 Å². The number of nitrogens with one attached hydrogen (secondary N) is 1. The number of phenolic OH excluding ortho intramolecular Hbond substituents is 1. The lowest BCUT2D eigenvalue weighted by atomic mass is 10.2. The molecule has 0 saturated heterocycles. The van der Waals surface area contributed by atoms with Gasteiger partial charge in [0, 0.05) is 26.0 Å². The van der Waals surface area contributed by atoms with Gasteiger partial charge in [-0.05, 0) is 40.2 Å². The van der Waals surface area contributed by atoms with Crippen LogP contribution >= 0.6 is 47.8 Å². The summed E-state index contributed by atoms with van der Waals surface area (Å²) < 4.78 is 7.39. The van der Waals surface area contributed by atoms with Crippen LogP contribution < -0.4 is 5.43 Å². The van der Waals surface area contributed by atoms with Crippen LogP contribution in [0.2, 0.25) is 0 Å². The molecule has 8 nitrogen and oxygen atoms in total. The number of fused-ring (bicyclic) bond motifs is 1. The van der Waals surface area contributed by atoms with Crippen LogP contribution in [0.4, 0.5) is 5.69 Å². The van der Waals surface area contributed by atoms with Gasteiger partial charge in [-0.1, -0.05) is 31.9 Å². The van der Waals surface area contributed by atoms with Crippen LogP contribution in [0.3, 0.4) is 0 Å². The van der Waals surface area contributed by atoms with Crippen LogP contribution in [0.5, 0.6) is 5.75 Å². The average Bonchev–Trinajstić information content (AvgIpc) is 3.01. The van der Waals surface area contributed by atoms with E-state index >= 15 is 0 Å². The Kier molecular flexibility index (Phi) is 5.63. The average molecular weight is 562 g/mol. The first kappa shape index (κ1) is 19.5. The van der Waals surface area contributed by atoms with E-state index < -0.39 is 22.3 Å². The molecular weight excluding hydrogens is 554 g/mol. The summed E-state index contributed by atoms with van der Waals surface area (Å²) >= 11 is 9.83. The Labute approximate surface area is 176 Å². The molecule has 3 aromatic rings. The predicted octanol–water partition coefficient (Wildman–Crippen LogP) is 5.10. The number of furan rings is 1. The molecular formula is C16H8Br3N3O5. The summed E-state index contributed by atoms with van der Waals surface area (Å²) in [6, 6.07) is 7.72. The zero-order chi connectivity index (χ0) is 19.7. The molecule has 0 aliphatic rings. The van der Waals surface area contributed by atoms with E-state index in [0.717, 1.165) is 16.8 Å². The van der Waals surface area contributed by atoms with E-state index in [4.69, 9.17) is 4.42 Å². The molecule has 0 fully saturated rings. The number of halogens is 3. The summed E-state index contributed by atoms with van der Waals surface area (Å²) in [7, 11) is 0. The van der Waals surface area contributed by atoms with Crippen LogP contribution in [-0.4, -0.2) is 22.2 Å². The monoisotopic (exact) mass is 559 g/mol. The number of benzene rings is 2. The van der Waals surface area contributed by atoms with Gasteiger partial charge in [0.25, 0.3) is 0 Å².